The van der Waals surface area contributed by atoms with Crippen LogP contribution in [0.4, 0.5) is 0 Å². The molecule has 0 saturated carbocycles. The standard InChI is InChI=1S/C66H118O6/c1-4-7-10-13-16-19-22-25-28-31-33-36-38-41-44-47-50-53-56-59-65(68)71-62-63(61-70-64(67)58-55-52-49-46-43-40-37-34-30-27-24-21-18-15-12-9-6-3)72-66(69)60-57-54-51-48-45-42-39-35-32-29-26-23-20-17-14-11-8-5-2/h7,10,16,19,25,28,33,36,41,44,63H,4-6,8-9,11-15,17-18,20-24,26-27,29-32,34-35,37-40,42-43,45-62H2,1-3H3/b10-7+,19-16+,28-25+,36-33+,44-41+/t63-/m1/s1. The molecular weight excluding hydrogens is 889 g/mol. The van der Waals surface area contributed by atoms with Crippen molar-refractivity contribution in [2.24, 2.45) is 0 Å². The first-order chi connectivity index (χ1) is 35.5. The third-order valence-electron chi connectivity index (χ3n) is 13.8. The Morgan fingerprint density at radius 2 is 0.542 bits per heavy atom. The van der Waals surface area contributed by atoms with Gasteiger partial charge >= 0.3 is 17.9 Å². The van der Waals surface area contributed by atoms with Crippen molar-refractivity contribution in [2.45, 2.75) is 329 Å². The van der Waals surface area contributed by atoms with E-state index in [1.165, 1.54) is 186 Å². The van der Waals surface area contributed by atoms with E-state index < -0.39 is 6.10 Å². The molecule has 0 aliphatic heterocycles. The molecule has 0 aliphatic rings. The molecule has 0 unspecified atom stereocenters. The van der Waals surface area contributed by atoms with Crippen molar-refractivity contribution in [3.8, 4) is 0 Å². The third-order valence-corrected chi connectivity index (χ3v) is 13.8. The first-order valence-corrected chi connectivity index (χ1v) is 31.3. The zero-order chi connectivity index (χ0) is 52.2. The van der Waals surface area contributed by atoms with E-state index in [1.54, 1.807) is 0 Å². The van der Waals surface area contributed by atoms with Gasteiger partial charge in [0.2, 0.25) is 0 Å². The molecule has 0 radical (unpaired) electrons. The predicted octanol–water partition coefficient (Wildman–Crippen LogP) is 21.2. The van der Waals surface area contributed by atoms with E-state index in [1.807, 2.05) is 0 Å². The SMILES string of the molecule is CC/C=C/C/C=C/C/C=C/C/C=C/C/C=C/CCCCCC(=O)OC[C@@H](COC(=O)CCCCCCCCCCCCCCCCCCC)OC(=O)CCCCCCCCCCCCCCCCCCCC. The maximum atomic E-state index is 12.9. The number of carbonyl (C=O) groups is 3. The van der Waals surface area contributed by atoms with Gasteiger partial charge in [0, 0.05) is 19.3 Å². The molecule has 0 fully saturated rings. The molecule has 0 bridgehead atoms. The number of hydrogen-bond donors (Lipinski definition) is 0. The van der Waals surface area contributed by atoms with E-state index in [-0.39, 0.29) is 31.1 Å². The lowest BCUT2D eigenvalue weighted by molar-refractivity contribution is -0.167. The zero-order valence-electron chi connectivity index (χ0n) is 47.9. The van der Waals surface area contributed by atoms with Gasteiger partial charge in [0.05, 0.1) is 0 Å². The molecule has 0 saturated heterocycles. The van der Waals surface area contributed by atoms with Crippen LogP contribution in [0.2, 0.25) is 0 Å². The molecular formula is C66H118O6. The summed E-state index contributed by atoms with van der Waals surface area (Å²) in [4.78, 5) is 38.3. The van der Waals surface area contributed by atoms with Crippen LogP contribution in [0.1, 0.15) is 323 Å². The maximum Gasteiger partial charge on any atom is 0.306 e. The van der Waals surface area contributed by atoms with Crippen molar-refractivity contribution >= 4 is 17.9 Å². The number of unbranched alkanes of at least 4 members (excludes halogenated alkanes) is 36. The van der Waals surface area contributed by atoms with Crippen LogP contribution in [0.15, 0.2) is 60.8 Å². The number of hydrogen-bond acceptors (Lipinski definition) is 6. The monoisotopic (exact) mass is 1010 g/mol. The van der Waals surface area contributed by atoms with Crippen molar-refractivity contribution in [3.05, 3.63) is 60.8 Å². The molecule has 0 aromatic heterocycles. The fraction of sp³-hybridized carbons (Fsp3) is 0.803. The van der Waals surface area contributed by atoms with Crippen molar-refractivity contribution in [1.82, 2.24) is 0 Å². The molecule has 6 heteroatoms. The molecule has 0 aliphatic carbocycles. The van der Waals surface area contributed by atoms with Crippen LogP contribution < -0.4 is 0 Å². The van der Waals surface area contributed by atoms with E-state index in [0.29, 0.717) is 19.3 Å². The Balaban J connectivity index is 4.40. The highest BCUT2D eigenvalue weighted by molar-refractivity contribution is 5.71. The fourth-order valence-electron chi connectivity index (χ4n) is 9.12. The number of esters is 3. The summed E-state index contributed by atoms with van der Waals surface area (Å²) >= 11 is 0. The lowest BCUT2D eigenvalue weighted by Crippen LogP contribution is -2.30. The van der Waals surface area contributed by atoms with E-state index in [0.717, 1.165) is 96.3 Å². The summed E-state index contributed by atoms with van der Waals surface area (Å²) in [6, 6.07) is 0. The molecule has 0 heterocycles. The quantitative estimate of drug-likeness (QED) is 0.0261. The van der Waals surface area contributed by atoms with Gasteiger partial charge in [-0.05, 0) is 64.2 Å². The summed E-state index contributed by atoms with van der Waals surface area (Å²) in [7, 11) is 0. The Labute approximate surface area is 447 Å². The molecule has 6 nitrogen and oxygen atoms in total. The Morgan fingerprint density at radius 1 is 0.292 bits per heavy atom. The fourth-order valence-corrected chi connectivity index (χ4v) is 9.12. The topological polar surface area (TPSA) is 78.9 Å². The highest BCUT2D eigenvalue weighted by Gasteiger charge is 2.19. The van der Waals surface area contributed by atoms with Crippen molar-refractivity contribution in [1.29, 1.82) is 0 Å². The van der Waals surface area contributed by atoms with Crippen LogP contribution in [0.3, 0.4) is 0 Å². The van der Waals surface area contributed by atoms with Gasteiger partial charge < -0.3 is 14.2 Å². The summed E-state index contributed by atoms with van der Waals surface area (Å²) in [6.45, 7) is 6.55. The largest absolute Gasteiger partial charge is 0.462 e. The second-order valence-electron chi connectivity index (χ2n) is 21.0. The van der Waals surface area contributed by atoms with Gasteiger partial charge in [-0.15, -0.1) is 0 Å². The van der Waals surface area contributed by atoms with E-state index in [2.05, 4.69) is 81.5 Å². The highest BCUT2D eigenvalue weighted by Crippen LogP contribution is 2.17. The van der Waals surface area contributed by atoms with Crippen molar-refractivity contribution in [3.63, 3.8) is 0 Å². The minimum atomic E-state index is -0.785. The summed E-state index contributed by atoms with van der Waals surface area (Å²) in [5.41, 5.74) is 0. The van der Waals surface area contributed by atoms with Crippen LogP contribution in [-0.2, 0) is 28.6 Å². The van der Waals surface area contributed by atoms with Crippen molar-refractivity contribution < 1.29 is 28.6 Å². The molecule has 0 spiro atoms. The minimum absolute atomic E-state index is 0.0802. The molecule has 0 amide bonds. The first-order valence-electron chi connectivity index (χ1n) is 31.3. The van der Waals surface area contributed by atoms with Gasteiger partial charge in [0.15, 0.2) is 6.10 Å². The van der Waals surface area contributed by atoms with Gasteiger partial charge in [-0.1, -0.05) is 300 Å². The second kappa shape index (κ2) is 60.7. The molecule has 72 heavy (non-hydrogen) atoms. The third kappa shape index (κ3) is 58.0. The lowest BCUT2D eigenvalue weighted by Gasteiger charge is -2.18. The Kier molecular flexibility index (Phi) is 58.2. The van der Waals surface area contributed by atoms with Crippen LogP contribution in [-0.4, -0.2) is 37.2 Å². The molecule has 0 aromatic carbocycles. The van der Waals surface area contributed by atoms with E-state index in [9.17, 15) is 14.4 Å². The smallest absolute Gasteiger partial charge is 0.306 e. The number of ether oxygens (including phenoxy) is 3. The van der Waals surface area contributed by atoms with Gasteiger partial charge in [0.1, 0.15) is 13.2 Å². The van der Waals surface area contributed by atoms with Crippen LogP contribution in [0.25, 0.3) is 0 Å². The average Bonchev–Trinajstić information content (AvgIpc) is 3.38. The Hall–Kier alpha value is -2.89. The summed E-state index contributed by atoms with van der Waals surface area (Å²) in [5.74, 6) is -0.893. The molecule has 0 aromatic rings. The normalized spacial score (nSPS) is 12.4. The molecule has 0 N–H and O–H groups in total. The number of carbonyl (C=O) groups excluding carboxylic acids is 3. The Bertz CT molecular complexity index is 1290. The zero-order valence-corrected chi connectivity index (χ0v) is 47.9. The van der Waals surface area contributed by atoms with Crippen LogP contribution >= 0.6 is 0 Å². The Morgan fingerprint density at radius 3 is 0.847 bits per heavy atom. The minimum Gasteiger partial charge on any atom is -0.462 e. The summed E-state index contributed by atoms with van der Waals surface area (Å²) in [5, 5.41) is 0. The van der Waals surface area contributed by atoms with Gasteiger partial charge in [-0.3, -0.25) is 14.4 Å². The van der Waals surface area contributed by atoms with Gasteiger partial charge in [-0.25, -0.2) is 0 Å². The lowest BCUT2D eigenvalue weighted by atomic mass is 10.0. The van der Waals surface area contributed by atoms with Gasteiger partial charge in [-0.2, -0.15) is 0 Å². The molecule has 1 atom stereocenters. The summed E-state index contributed by atoms with van der Waals surface area (Å²) < 4.78 is 16.9. The van der Waals surface area contributed by atoms with Crippen LogP contribution in [0, 0.1) is 0 Å². The van der Waals surface area contributed by atoms with E-state index >= 15 is 0 Å². The molecule has 0 rings (SSSR count). The van der Waals surface area contributed by atoms with Crippen molar-refractivity contribution in [2.75, 3.05) is 13.2 Å². The number of allylic oxidation sites excluding steroid dienone is 10. The highest BCUT2D eigenvalue weighted by atomic mass is 16.6. The second-order valence-corrected chi connectivity index (χ2v) is 21.0. The van der Waals surface area contributed by atoms with Gasteiger partial charge in [0.25, 0.3) is 0 Å². The summed E-state index contributed by atoms with van der Waals surface area (Å²) in [6.07, 6.45) is 76.5. The van der Waals surface area contributed by atoms with Crippen LogP contribution in [0.5, 0.6) is 0 Å². The predicted molar refractivity (Wildman–Crippen MR) is 312 cm³/mol. The number of rotatable bonds is 57. The first kappa shape index (κ1) is 69.1. The van der Waals surface area contributed by atoms with E-state index in [4.69, 9.17) is 14.2 Å². The molecule has 418 valence electrons. The average molecular weight is 1010 g/mol. The maximum absolute atomic E-state index is 12.9.